The van der Waals surface area contributed by atoms with Crippen molar-refractivity contribution in [1.82, 2.24) is 19.8 Å². The highest BCUT2D eigenvalue weighted by Gasteiger charge is 2.56. The van der Waals surface area contributed by atoms with Crippen LogP contribution < -0.4 is 14.5 Å². The number of carbonyl (C=O) groups excluding carboxylic acids is 1. The lowest BCUT2D eigenvalue weighted by Crippen LogP contribution is -2.55. The number of amides is 1. The number of fused-ring (bicyclic) bond motifs is 2. The van der Waals surface area contributed by atoms with E-state index in [0.29, 0.717) is 50.1 Å². The van der Waals surface area contributed by atoms with Gasteiger partial charge in [-0.3, -0.25) is 9.69 Å². The van der Waals surface area contributed by atoms with Crippen molar-refractivity contribution < 1.29 is 9.53 Å². The molecule has 48 heavy (non-hydrogen) atoms. The largest absolute Gasteiger partial charge is 0.462 e. The van der Waals surface area contributed by atoms with Gasteiger partial charge in [-0.15, -0.1) is 11.8 Å². The highest BCUT2D eigenvalue weighted by atomic mass is 35.5. The van der Waals surface area contributed by atoms with Crippen molar-refractivity contribution in [3.63, 3.8) is 0 Å². The van der Waals surface area contributed by atoms with E-state index in [9.17, 15) is 10.1 Å². The van der Waals surface area contributed by atoms with E-state index < -0.39 is 0 Å². The van der Waals surface area contributed by atoms with E-state index in [4.69, 9.17) is 26.3 Å². The van der Waals surface area contributed by atoms with Gasteiger partial charge in [0.2, 0.25) is 5.91 Å². The third-order valence-corrected chi connectivity index (χ3v) is 12.9. The number of anilines is 2. The Labute approximate surface area is 292 Å². The average molecular weight is 686 g/mol. The molecule has 0 radical (unpaired) electrons. The van der Waals surface area contributed by atoms with Gasteiger partial charge in [0.15, 0.2) is 0 Å². The van der Waals surface area contributed by atoms with Crippen molar-refractivity contribution in [2.75, 3.05) is 49.6 Å². The number of thioether (sulfide) groups is 1. The molecule has 3 atom stereocenters. The lowest BCUT2D eigenvalue weighted by molar-refractivity contribution is -0.128. The second-order valence-corrected chi connectivity index (χ2v) is 15.7. The van der Waals surface area contributed by atoms with E-state index in [1.54, 1.807) is 4.90 Å². The number of halogens is 1. The lowest BCUT2D eigenvalue weighted by Gasteiger charge is -2.42. The van der Waals surface area contributed by atoms with Gasteiger partial charge < -0.3 is 19.4 Å². The van der Waals surface area contributed by atoms with Gasteiger partial charge in [-0.25, -0.2) is 0 Å². The topological polar surface area (TPSA) is 88.8 Å². The van der Waals surface area contributed by atoms with Crippen molar-refractivity contribution in [1.29, 1.82) is 5.26 Å². The minimum Gasteiger partial charge on any atom is -0.462 e. The molecule has 252 valence electrons. The van der Waals surface area contributed by atoms with Gasteiger partial charge in [-0.05, 0) is 56.8 Å². The second kappa shape index (κ2) is 13.8. The summed E-state index contributed by atoms with van der Waals surface area (Å²) >= 11 is 8.72. The Morgan fingerprint density at radius 3 is 2.73 bits per heavy atom. The van der Waals surface area contributed by atoms with Gasteiger partial charge in [0, 0.05) is 48.9 Å². The predicted molar refractivity (Wildman–Crippen MR) is 194 cm³/mol. The van der Waals surface area contributed by atoms with Gasteiger partial charge in [-0.1, -0.05) is 61.7 Å². The number of rotatable bonds is 9. The summed E-state index contributed by atoms with van der Waals surface area (Å²) in [6, 6.07) is 15.4. The van der Waals surface area contributed by atoms with Gasteiger partial charge >= 0.3 is 6.01 Å². The number of nitrogens with zero attached hydrogens (tertiary/aromatic N) is 7. The zero-order chi connectivity index (χ0) is 33.4. The number of nitriles is 1. The normalized spacial score (nSPS) is 24.4. The minimum absolute atomic E-state index is 0.0576. The van der Waals surface area contributed by atoms with E-state index in [1.165, 1.54) is 38.2 Å². The number of ether oxygens (including phenoxy) is 1. The van der Waals surface area contributed by atoms with Crippen LogP contribution >= 0.6 is 23.4 Å². The Balaban J connectivity index is 1.17. The van der Waals surface area contributed by atoms with Crippen LogP contribution in [0.4, 0.5) is 11.5 Å². The Hall–Kier alpha value is -3.52. The molecule has 11 heteroatoms. The van der Waals surface area contributed by atoms with Gasteiger partial charge in [-0.2, -0.15) is 15.2 Å². The Bertz CT molecular complexity index is 1740. The number of hydrogen-bond donors (Lipinski definition) is 0. The van der Waals surface area contributed by atoms with Crippen LogP contribution in [0.25, 0.3) is 10.8 Å². The zero-order valence-corrected chi connectivity index (χ0v) is 29.5. The first kappa shape index (κ1) is 33.0. The first-order chi connectivity index (χ1) is 23.3. The molecular formula is C37H44ClN7O2S. The number of aromatic nitrogens is 2. The standard InChI is InChI=1S/C37H44ClN7O2S/c1-4-33(46)45-21-20-44(22-27(45)16-18-39)35-28-17-19-43(31-15-9-11-25-10-8-14-29(38)34(25)31)23-30(28)40-36(41-35)47-24-32-37(2,48-32)42(3)26-12-6-5-7-13-26/h4,8-11,14-15,26-27,32H,1,5-7,12-13,16-17,19-24H2,2-3H3/t27-,32?,37-/m0/s1. The molecule has 1 unspecified atom stereocenters. The number of piperazine rings is 1. The van der Waals surface area contributed by atoms with Crippen molar-refractivity contribution in [2.24, 2.45) is 0 Å². The van der Waals surface area contributed by atoms with E-state index >= 15 is 0 Å². The first-order valence-electron chi connectivity index (χ1n) is 17.2. The smallest absolute Gasteiger partial charge is 0.318 e. The number of carbonyl (C=O) groups is 1. The SMILES string of the molecule is C=CC(=O)N1CCN(c2nc(OCC3S[C@]3(C)N(C)C3CCCCC3)nc3c2CCN(c2cccc4cccc(Cl)c24)C3)C[C@@H]1CC#N. The van der Waals surface area contributed by atoms with Crippen molar-refractivity contribution in [2.45, 2.75) is 80.6 Å². The fourth-order valence-corrected chi connectivity index (χ4v) is 9.40. The highest BCUT2D eigenvalue weighted by molar-refractivity contribution is 8.08. The lowest BCUT2D eigenvalue weighted by atomic mass is 9.93. The van der Waals surface area contributed by atoms with Crippen LogP contribution in [0.5, 0.6) is 6.01 Å². The molecule has 3 fully saturated rings. The average Bonchev–Trinajstić information content (AvgIpc) is 3.80. The predicted octanol–water partition coefficient (Wildman–Crippen LogP) is 6.44. The summed E-state index contributed by atoms with van der Waals surface area (Å²) in [6.07, 6.45) is 8.86. The molecular weight excluding hydrogens is 642 g/mol. The molecule has 1 aromatic heterocycles. The molecule has 1 aliphatic carbocycles. The molecule has 4 aliphatic rings. The summed E-state index contributed by atoms with van der Waals surface area (Å²) in [6.45, 7) is 9.56. The molecule has 3 aliphatic heterocycles. The number of benzene rings is 2. The van der Waals surface area contributed by atoms with Gasteiger partial charge in [0.05, 0.1) is 45.9 Å². The summed E-state index contributed by atoms with van der Waals surface area (Å²) in [5.41, 5.74) is 3.14. The third kappa shape index (κ3) is 6.33. The van der Waals surface area contributed by atoms with Crippen LogP contribution in [0.2, 0.25) is 5.02 Å². The molecule has 7 rings (SSSR count). The molecule has 4 heterocycles. The summed E-state index contributed by atoms with van der Waals surface area (Å²) in [7, 11) is 2.28. The second-order valence-electron chi connectivity index (χ2n) is 13.6. The summed E-state index contributed by atoms with van der Waals surface area (Å²) in [4.78, 5) is 31.7. The van der Waals surface area contributed by atoms with Crippen molar-refractivity contribution in [3.05, 3.63) is 65.3 Å². The maximum atomic E-state index is 12.6. The maximum absolute atomic E-state index is 12.6. The Morgan fingerprint density at radius 1 is 1.17 bits per heavy atom. The third-order valence-electron chi connectivity index (χ3n) is 10.9. The molecule has 2 aromatic carbocycles. The molecule has 3 aromatic rings. The maximum Gasteiger partial charge on any atom is 0.318 e. The summed E-state index contributed by atoms with van der Waals surface area (Å²) in [5, 5.41) is 12.8. The van der Waals surface area contributed by atoms with Gasteiger partial charge in [0.1, 0.15) is 12.4 Å². The number of hydrogen-bond acceptors (Lipinski definition) is 9. The first-order valence-corrected chi connectivity index (χ1v) is 18.5. The molecule has 1 saturated carbocycles. The fraction of sp³-hybridized carbons (Fsp3) is 0.514. The summed E-state index contributed by atoms with van der Waals surface area (Å²) in [5.74, 6) is 0.709. The molecule has 0 spiro atoms. The minimum atomic E-state index is -0.249. The Morgan fingerprint density at radius 2 is 1.96 bits per heavy atom. The van der Waals surface area contributed by atoms with Gasteiger partial charge in [0.25, 0.3) is 0 Å². The fourth-order valence-electron chi connectivity index (χ4n) is 7.93. The monoisotopic (exact) mass is 685 g/mol. The van der Waals surface area contributed by atoms with E-state index in [2.05, 4.69) is 65.6 Å². The van der Waals surface area contributed by atoms with E-state index in [-0.39, 0.29) is 23.2 Å². The van der Waals surface area contributed by atoms with E-state index in [0.717, 1.165) is 51.5 Å². The van der Waals surface area contributed by atoms with Crippen LogP contribution in [-0.4, -0.2) is 87.7 Å². The quantitative estimate of drug-likeness (QED) is 0.187. The summed E-state index contributed by atoms with van der Waals surface area (Å²) < 4.78 is 6.48. The van der Waals surface area contributed by atoms with E-state index in [1.807, 2.05) is 23.9 Å². The molecule has 9 nitrogen and oxygen atoms in total. The van der Waals surface area contributed by atoms with Crippen LogP contribution in [0, 0.1) is 11.3 Å². The molecule has 2 saturated heterocycles. The molecule has 0 bridgehead atoms. The van der Waals surface area contributed by atoms with Crippen molar-refractivity contribution >= 4 is 51.5 Å². The zero-order valence-electron chi connectivity index (χ0n) is 27.9. The van der Waals surface area contributed by atoms with Crippen LogP contribution in [0.3, 0.4) is 0 Å². The molecule has 1 amide bonds. The van der Waals surface area contributed by atoms with Crippen LogP contribution in [0.15, 0.2) is 49.1 Å². The Kier molecular flexibility index (Phi) is 9.47. The molecule has 0 N–H and O–H groups in total. The van der Waals surface area contributed by atoms with Crippen LogP contribution in [0.1, 0.15) is 56.7 Å². The van der Waals surface area contributed by atoms with Crippen LogP contribution in [-0.2, 0) is 17.8 Å². The van der Waals surface area contributed by atoms with Crippen molar-refractivity contribution in [3.8, 4) is 12.1 Å². The highest BCUT2D eigenvalue weighted by Crippen LogP contribution is 2.56.